The molecule has 0 aliphatic carbocycles. The summed E-state index contributed by atoms with van der Waals surface area (Å²) in [5.41, 5.74) is 0.965. The molecule has 0 aliphatic rings. The molecule has 1 nitrogen and oxygen atoms in total. The minimum absolute atomic E-state index is 0.379. The highest BCUT2D eigenvalue weighted by Gasteiger charge is 2.02. The normalized spacial score (nSPS) is 9.90. The molecule has 0 saturated heterocycles. The summed E-state index contributed by atoms with van der Waals surface area (Å²) in [6, 6.07) is 3.63. The van der Waals surface area contributed by atoms with Gasteiger partial charge in [-0.1, -0.05) is 0 Å². The summed E-state index contributed by atoms with van der Waals surface area (Å²) in [5.74, 6) is 0.379. The van der Waals surface area contributed by atoms with Crippen LogP contribution >= 0.6 is 45.2 Å². The third-order valence-corrected chi connectivity index (χ3v) is 4.63. The summed E-state index contributed by atoms with van der Waals surface area (Å²) in [6.07, 6.45) is 0. The van der Waals surface area contributed by atoms with Crippen LogP contribution in [0.15, 0.2) is 12.1 Å². The molecule has 0 aliphatic heterocycles. The van der Waals surface area contributed by atoms with Gasteiger partial charge in [0.25, 0.3) is 0 Å². The van der Waals surface area contributed by atoms with E-state index in [1.807, 2.05) is 13.0 Å². The van der Waals surface area contributed by atoms with Crippen molar-refractivity contribution in [1.29, 1.82) is 0 Å². The number of rotatable bonds is 0. The Labute approximate surface area is 87.1 Å². The lowest BCUT2D eigenvalue weighted by Crippen LogP contribution is -1.84. The Hall–Kier alpha value is 0.480. The van der Waals surface area contributed by atoms with E-state index >= 15 is 0 Å². The van der Waals surface area contributed by atoms with E-state index in [1.54, 1.807) is 6.07 Å². The molecule has 0 amide bonds. The van der Waals surface area contributed by atoms with Crippen molar-refractivity contribution in [3.05, 3.63) is 24.8 Å². The molecular formula is C7H6I2O. The predicted octanol–water partition coefficient (Wildman–Crippen LogP) is 2.91. The summed E-state index contributed by atoms with van der Waals surface area (Å²) in [5, 5.41) is 9.22. The second-order valence-corrected chi connectivity index (χ2v) is 4.25. The molecule has 1 rings (SSSR count). The third-order valence-electron chi connectivity index (χ3n) is 1.31. The van der Waals surface area contributed by atoms with E-state index in [2.05, 4.69) is 45.2 Å². The zero-order valence-electron chi connectivity index (χ0n) is 5.36. The van der Waals surface area contributed by atoms with Gasteiger partial charge in [-0.3, -0.25) is 0 Å². The number of aromatic hydroxyl groups is 1. The summed E-state index contributed by atoms with van der Waals surface area (Å²) < 4.78 is 2.33. The van der Waals surface area contributed by atoms with Gasteiger partial charge in [0.1, 0.15) is 5.75 Å². The largest absolute Gasteiger partial charge is 0.508 e. The zero-order chi connectivity index (χ0) is 7.72. The van der Waals surface area contributed by atoms with Crippen molar-refractivity contribution in [2.45, 2.75) is 6.92 Å². The second-order valence-electron chi connectivity index (χ2n) is 2.01. The standard InChI is InChI=1S/C7H6I2O/c1-4-6(10)3-2-5(8)7(4)9/h2-3,10H,1H3. The maximum Gasteiger partial charge on any atom is 0.119 e. The van der Waals surface area contributed by atoms with Crippen LogP contribution in [-0.4, -0.2) is 5.11 Å². The van der Waals surface area contributed by atoms with Crippen molar-refractivity contribution >= 4 is 45.2 Å². The van der Waals surface area contributed by atoms with Gasteiger partial charge in [-0.05, 0) is 64.2 Å². The summed E-state index contributed by atoms with van der Waals surface area (Å²) in [4.78, 5) is 0. The van der Waals surface area contributed by atoms with Crippen molar-refractivity contribution < 1.29 is 5.11 Å². The first-order chi connectivity index (χ1) is 4.63. The fourth-order valence-corrected chi connectivity index (χ4v) is 1.68. The lowest BCUT2D eigenvalue weighted by Gasteiger charge is -2.02. The summed E-state index contributed by atoms with van der Waals surface area (Å²) >= 11 is 4.48. The Kier molecular flexibility index (Phi) is 2.79. The van der Waals surface area contributed by atoms with Crippen molar-refractivity contribution in [1.82, 2.24) is 0 Å². The zero-order valence-corrected chi connectivity index (χ0v) is 9.67. The van der Waals surface area contributed by atoms with Gasteiger partial charge in [0.05, 0.1) is 0 Å². The van der Waals surface area contributed by atoms with Crippen LogP contribution in [0.2, 0.25) is 0 Å². The predicted molar refractivity (Wildman–Crippen MR) is 58.3 cm³/mol. The van der Waals surface area contributed by atoms with Crippen LogP contribution in [-0.2, 0) is 0 Å². The lowest BCUT2D eigenvalue weighted by molar-refractivity contribution is 0.470. The molecule has 0 atom stereocenters. The molecule has 3 heteroatoms. The number of hydrogen-bond donors (Lipinski definition) is 1. The van der Waals surface area contributed by atoms with Crippen LogP contribution in [0.25, 0.3) is 0 Å². The molecule has 0 saturated carbocycles. The Morgan fingerprint density at radius 2 is 1.90 bits per heavy atom. The van der Waals surface area contributed by atoms with E-state index in [9.17, 15) is 5.11 Å². The van der Waals surface area contributed by atoms with E-state index in [1.165, 1.54) is 3.57 Å². The highest BCUT2D eigenvalue weighted by molar-refractivity contribution is 14.1. The van der Waals surface area contributed by atoms with E-state index in [4.69, 9.17) is 0 Å². The molecule has 1 aromatic carbocycles. The van der Waals surface area contributed by atoms with Gasteiger partial charge >= 0.3 is 0 Å². The minimum atomic E-state index is 0.379. The first-order valence-corrected chi connectivity index (χ1v) is 4.92. The highest BCUT2D eigenvalue weighted by atomic mass is 127. The van der Waals surface area contributed by atoms with Crippen LogP contribution in [0.5, 0.6) is 5.75 Å². The van der Waals surface area contributed by atoms with E-state index < -0.39 is 0 Å². The molecule has 1 N–H and O–H groups in total. The van der Waals surface area contributed by atoms with Crippen LogP contribution in [0.3, 0.4) is 0 Å². The first kappa shape index (κ1) is 8.58. The van der Waals surface area contributed by atoms with Crippen LogP contribution in [0.1, 0.15) is 5.56 Å². The second kappa shape index (κ2) is 3.25. The smallest absolute Gasteiger partial charge is 0.119 e. The molecule has 1 aromatic rings. The van der Waals surface area contributed by atoms with Crippen LogP contribution < -0.4 is 0 Å². The molecule has 0 aromatic heterocycles. The molecule has 0 heterocycles. The van der Waals surface area contributed by atoms with Gasteiger partial charge < -0.3 is 5.11 Å². The number of phenols is 1. The Bertz CT molecular complexity index is 231. The monoisotopic (exact) mass is 360 g/mol. The molecule has 10 heavy (non-hydrogen) atoms. The SMILES string of the molecule is Cc1c(O)ccc(I)c1I. The average molecular weight is 360 g/mol. The van der Waals surface area contributed by atoms with Crippen LogP contribution in [0, 0.1) is 14.1 Å². The molecule has 0 bridgehead atoms. The fourth-order valence-electron chi connectivity index (χ4n) is 0.642. The van der Waals surface area contributed by atoms with Gasteiger partial charge in [-0.25, -0.2) is 0 Å². The number of hydrogen-bond acceptors (Lipinski definition) is 1. The van der Waals surface area contributed by atoms with E-state index in [-0.39, 0.29) is 0 Å². The number of halogens is 2. The molecule has 0 spiro atoms. The van der Waals surface area contributed by atoms with Gasteiger partial charge in [0.2, 0.25) is 0 Å². The minimum Gasteiger partial charge on any atom is -0.508 e. The fraction of sp³-hybridized carbons (Fsp3) is 0.143. The van der Waals surface area contributed by atoms with Gasteiger partial charge in [0, 0.05) is 12.7 Å². The Morgan fingerprint density at radius 1 is 1.30 bits per heavy atom. The van der Waals surface area contributed by atoms with Crippen LogP contribution in [0.4, 0.5) is 0 Å². The van der Waals surface area contributed by atoms with E-state index in [0.29, 0.717) is 5.75 Å². The van der Waals surface area contributed by atoms with Crippen molar-refractivity contribution in [2.24, 2.45) is 0 Å². The molecule has 54 valence electrons. The Balaban J connectivity index is 3.34. The average Bonchev–Trinajstić information content (AvgIpc) is 1.93. The van der Waals surface area contributed by atoms with Crippen molar-refractivity contribution in [3.63, 3.8) is 0 Å². The highest BCUT2D eigenvalue weighted by Crippen LogP contribution is 2.25. The first-order valence-electron chi connectivity index (χ1n) is 2.76. The van der Waals surface area contributed by atoms with Crippen molar-refractivity contribution in [2.75, 3.05) is 0 Å². The summed E-state index contributed by atoms with van der Waals surface area (Å²) in [7, 11) is 0. The number of phenolic OH excluding ortho intramolecular Hbond substituents is 1. The molecule has 0 fully saturated rings. The summed E-state index contributed by atoms with van der Waals surface area (Å²) in [6.45, 7) is 1.92. The number of benzene rings is 1. The van der Waals surface area contributed by atoms with E-state index in [0.717, 1.165) is 9.13 Å². The molecular weight excluding hydrogens is 354 g/mol. The lowest BCUT2D eigenvalue weighted by atomic mass is 10.2. The molecule has 0 radical (unpaired) electrons. The maximum atomic E-state index is 9.22. The molecule has 0 unspecified atom stereocenters. The Morgan fingerprint density at radius 3 is 2.40 bits per heavy atom. The van der Waals surface area contributed by atoms with Gasteiger partial charge in [-0.2, -0.15) is 0 Å². The maximum absolute atomic E-state index is 9.22. The topological polar surface area (TPSA) is 20.2 Å². The van der Waals surface area contributed by atoms with Gasteiger partial charge in [-0.15, -0.1) is 0 Å². The quantitative estimate of drug-likeness (QED) is 0.706. The third kappa shape index (κ3) is 1.55. The van der Waals surface area contributed by atoms with Crippen molar-refractivity contribution in [3.8, 4) is 5.75 Å². The van der Waals surface area contributed by atoms with Gasteiger partial charge in [0.15, 0.2) is 0 Å².